The van der Waals surface area contributed by atoms with Crippen LogP contribution in [0.2, 0.25) is 0 Å². The summed E-state index contributed by atoms with van der Waals surface area (Å²) in [5, 5.41) is 2.50. The summed E-state index contributed by atoms with van der Waals surface area (Å²) in [6.45, 7) is 0.138. The number of amides is 1. The fourth-order valence-corrected chi connectivity index (χ4v) is 2.52. The minimum absolute atomic E-state index is 0.138. The molecule has 2 aromatic rings. The minimum atomic E-state index is -2.30. The highest BCUT2D eigenvalue weighted by atomic mass is 31.2. The van der Waals surface area contributed by atoms with E-state index in [1.54, 1.807) is 0 Å². The maximum absolute atomic E-state index is 11.8. The molecule has 1 unspecified atom stereocenters. The van der Waals surface area contributed by atoms with Crippen molar-refractivity contribution in [3.05, 3.63) is 71.8 Å². The smallest absolute Gasteiger partial charge is 0.408 e. The zero-order valence-electron chi connectivity index (χ0n) is 11.9. The van der Waals surface area contributed by atoms with E-state index in [-0.39, 0.29) is 6.61 Å². The maximum Gasteiger partial charge on any atom is 0.408 e. The number of carbonyl (C=O) groups is 1. The number of carbonyl (C=O) groups excluding carboxylic acids is 1. The van der Waals surface area contributed by atoms with Gasteiger partial charge in [-0.05, 0) is 11.1 Å². The van der Waals surface area contributed by atoms with Crippen molar-refractivity contribution in [1.29, 1.82) is 0 Å². The lowest BCUT2D eigenvalue weighted by molar-refractivity contribution is 0.138. The van der Waals surface area contributed by atoms with Crippen LogP contribution in [-0.2, 0) is 17.8 Å². The highest BCUT2D eigenvalue weighted by molar-refractivity contribution is 7.45. The molecule has 0 heterocycles. The first-order valence-electron chi connectivity index (χ1n) is 6.83. The van der Waals surface area contributed by atoms with Crippen LogP contribution in [0.1, 0.15) is 11.1 Å². The van der Waals surface area contributed by atoms with Crippen LogP contribution in [0.5, 0.6) is 0 Å². The summed E-state index contributed by atoms with van der Waals surface area (Å²) >= 11 is 0. The Hall–Kier alpha value is -1.94. The lowest BCUT2D eigenvalue weighted by Gasteiger charge is -2.19. The number of hydrogen-bond acceptors (Lipinski definition) is 4. The number of benzene rings is 2. The number of rotatable bonds is 6. The minimum Gasteiger partial charge on any atom is -0.445 e. The van der Waals surface area contributed by atoms with Crippen molar-refractivity contribution >= 4 is 14.5 Å². The van der Waals surface area contributed by atoms with Crippen LogP contribution in [-0.4, -0.2) is 21.7 Å². The molecule has 3 N–H and O–H groups in total. The molecule has 6 heteroatoms. The van der Waals surface area contributed by atoms with Crippen LogP contribution in [0, 0.1) is 0 Å². The summed E-state index contributed by atoms with van der Waals surface area (Å²) < 4.78 is 5.08. The van der Waals surface area contributed by atoms with E-state index < -0.39 is 20.3 Å². The Morgan fingerprint density at radius 2 is 1.55 bits per heavy atom. The van der Waals surface area contributed by atoms with Gasteiger partial charge in [-0.2, -0.15) is 0 Å². The standard InChI is InChI=1S/C16H18NO4P/c18-16(21-12-14-9-5-2-6-10-14)17-15(22(19)20)11-13-7-3-1-4-8-13/h1-10,15,19-20H,11-12H2,(H,17,18). The van der Waals surface area contributed by atoms with E-state index in [0.717, 1.165) is 11.1 Å². The molecule has 1 amide bonds. The first-order valence-corrected chi connectivity index (χ1v) is 8.15. The van der Waals surface area contributed by atoms with Crippen LogP contribution in [0.25, 0.3) is 0 Å². The normalized spacial score (nSPS) is 12.0. The van der Waals surface area contributed by atoms with Gasteiger partial charge in [-0.15, -0.1) is 0 Å². The van der Waals surface area contributed by atoms with Crippen molar-refractivity contribution in [1.82, 2.24) is 5.32 Å². The van der Waals surface area contributed by atoms with Gasteiger partial charge in [0.1, 0.15) is 12.4 Å². The van der Waals surface area contributed by atoms with Crippen molar-refractivity contribution in [2.24, 2.45) is 0 Å². The van der Waals surface area contributed by atoms with E-state index in [4.69, 9.17) is 4.74 Å². The first kappa shape index (κ1) is 16.4. The summed E-state index contributed by atoms with van der Waals surface area (Å²) in [6, 6.07) is 18.6. The van der Waals surface area contributed by atoms with Crippen LogP contribution < -0.4 is 5.32 Å². The molecule has 0 saturated carbocycles. The van der Waals surface area contributed by atoms with Gasteiger partial charge in [-0.3, -0.25) is 0 Å². The molecule has 1 atom stereocenters. The van der Waals surface area contributed by atoms with Crippen molar-refractivity contribution in [3.8, 4) is 0 Å². The molecule has 0 aliphatic heterocycles. The average molecular weight is 319 g/mol. The second kappa shape index (κ2) is 8.49. The van der Waals surface area contributed by atoms with Gasteiger partial charge < -0.3 is 19.8 Å². The molecule has 0 aromatic heterocycles. The third-order valence-electron chi connectivity index (χ3n) is 3.05. The van der Waals surface area contributed by atoms with Crippen LogP contribution in [0.4, 0.5) is 4.79 Å². The molecule has 5 nitrogen and oxygen atoms in total. The van der Waals surface area contributed by atoms with Gasteiger partial charge in [0.25, 0.3) is 0 Å². The lowest BCUT2D eigenvalue weighted by atomic mass is 10.1. The quantitative estimate of drug-likeness (QED) is 0.715. The van der Waals surface area contributed by atoms with Gasteiger partial charge in [-0.1, -0.05) is 60.7 Å². The number of hydrogen-bond donors (Lipinski definition) is 3. The van der Waals surface area contributed by atoms with Gasteiger partial charge in [0, 0.05) is 6.42 Å². The fraction of sp³-hybridized carbons (Fsp3) is 0.188. The van der Waals surface area contributed by atoms with Gasteiger partial charge >= 0.3 is 6.09 Å². The average Bonchev–Trinajstić information content (AvgIpc) is 2.54. The van der Waals surface area contributed by atoms with Crippen molar-refractivity contribution in [3.63, 3.8) is 0 Å². The summed E-state index contributed by atoms with van der Waals surface area (Å²) in [4.78, 5) is 30.7. The molecule has 2 aromatic carbocycles. The Morgan fingerprint density at radius 1 is 1.00 bits per heavy atom. The zero-order valence-corrected chi connectivity index (χ0v) is 12.8. The Labute approximate surface area is 130 Å². The predicted octanol–water partition coefficient (Wildman–Crippen LogP) is 2.78. The van der Waals surface area contributed by atoms with Crippen LogP contribution in [0.3, 0.4) is 0 Å². The van der Waals surface area contributed by atoms with E-state index in [1.165, 1.54) is 0 Å². The molecule has 0 aliphatic carbocycles. The topological polar surface area (TPSA) is 78.8 Å². The monoisotopic (exact) mass is 319 g/mol. The predicted molar refractivity (Wildman–Crippen MR) is 85.1 cm³/mol. The van der Waals surface area contributed by atoms with Gasteiger partial charge in [0.05, 0.1) is 0 Å². The summed E-state index contributed by atoms with van der Waals surface area (Å²) in [6.07, 6.45) is -0.333. The molecule has 0 bridgehead atoms. The highest BCUT2D eigenvalue weighted by Crippen LogP contribution is 2.31. The van der Waals surface area contributed by atoms with E-state index >= 15 is 0 Å². The molecule has 0 radical (unpaired) electrons. The van der Waals surface area contributed by atoms with E-state index in [0.29, 0.717) is 6.42 Å². The molecular formula is C16H18NO4P. The van der Waals surface area contributed by atoms with E-state index in [9.17, 15) is 14.6 Å². The largest absolute Gasteiger partial charge is 0.445 e. The third-order valence-corrected chi connectivity index (χ3v) is 3.92. The summed E-state index contributed by atoms with van der Waals surface area (Å²) in [5.41, 5.74) is 1.78. The van der Waals surface area contributed by atoms with Crippen LogP contribution in [0.15, 0.2) is 60.7 Å². The number of nitrogens with one attached hydrogen (secondary N) is 1. The second-order valence-electron chi connectivity index (χ2n) is 4.73. The van der Waals surface area contributed by atoms with Crippen molar-refractivity contribution < 1.29 is 19.3 Å². The summed E-state index contributed by atoms with van der Waals surface area (Å²) in [5.74, 6) is -0.763. The summed E-state index contributed by atoms with van der Waals surface area (Å²) in [7, 11) is -2.30. The zero-order chi connectivity index (χ0) is 15.8. The molecule has 116 valence electrons. The van der Waals surface area contributed by atoms with Crippen LogP contribution >= 0.6 is 8.38 Å². The fourth-order valence-electron chi connectivity index (χ4n) is 1.93. The van der Waals surface area contributed by atoms with Crippen molar-refractivity contribution in [2.75, 3.05) is 0 Å². The molecule has 0 spiro atoms. The first-order chi connectivity index (χ1) is 10.6. The lowest BCUT2D eigenvalue weighted by Crippen LogP contribution is -2.35. The number of alkyl carbamates (subject to hydrolysis) is 1. The second-order valence-corrected chi connectivity index (χ2v) is 6.00. The van der Waals surface area contributed by atoms with Gasteiger partial charge in [0.15, 0.2) is 8.38 Å². The molecule has 22 heavy (non-hydrogen) atoms. The SMILES string of the molecule is O=C(NC(Cc1ccccc1)P(O)O)OCc1ccccc1. The molecule has 2 rings (SSSR count). The molecule has 0 saturated heterocycles. The molecule has 0 fully saturated rings. The Morgan fingerprint density at radius 3 is 2.09 bits per heavy atom. The van der Waals surface area contributed by atoms with Crippen molar-refractivity contribution in [2.45, 2.75) is 18.8 Å². The van der Waals surface area contributed by atoms with Gasteiger partial charge in [-0.25, -0.2) is 4.79 Å². The molecular weight excluding hydrogens is 301 g/mol. The highest BCUT2D eigenvalue weighted by Gasteiger charge is 2.21. The van der Waals surface area contributed by atoms with Gasteiger partial charge in [0.2, 0.25) is 0 Å². The Kier molecular flexibility index (Phi) is 6.34. The van der Waals surface area contributed by atoms with E-state index in [1.807, 2.05) is 60.7 Å². The molecule has 0 aliphatic rings. The Balaban J connectivity index is 1.86. The third kappa shape index (κ3) is 5.45. The maximum atomic E-state index is 11.8. The van der Waals surface area contributed by atoms with E-state index in [2.05, 4.69) is 5.32 Å². The number of ether oxygens (including phenoxy) is 1. The Bertz CT molecular complexity index is 577.